The predicted molar refractivity (Wildman–Crippen MR) is 77.2 cm³/mol. The van der Waals surface area contributed by atoms with Gasteiger partial charge < -0.3 is 0 Å². The lowest BCUT2D eigenvalue weighted by atomic mass is 10.00. The van der Waals surface area contributed by atoms with E-state index in [9.17, 15) is 4.39 Å². The van der Waals surface area contributed by atoms with Crippen LogP contribution < -0.4 is 0 Å². The van der Waals surface area contributed by atoms with Crippen LogP contribution in [0, 0.1) is 5.82 Å². The van der Waals surface area contributed by atoms with E-state index in [1.807, 2.05) is 6.07 Å². The molecule has 0 radical (unpaired) electrons. The third-order valence-electron chi connectivity index (χ3n) is 3.79. The number of fused-ring (bicyclic) bond motifs is 1. The van der Waals surface area contributed by atoms with E-state index < -0.39 is 0 Å². The average molecular weight is 275 g/mol. The minimum Gasteiger partial charge on any atom is -0.207 e. The van der Waals surface area contributed by atoms with Crippen LogP contribution in [0.3, 0.4) is 0 Å². The van der Waals surface area contributed by atoms with Crippen molar-refractivity contribution in [3.05, 3.63) is 70.5 Å². The van der Waals surface area contributed by atoms with Crippen molar-refractivity contribution in [2.45, 2.75) is 31.1 Å². The number of benzene rings is 2. The molecule has 0 amide bonds. The Balaban J connectivity index is 1.78. The molecular formula is C17H16ClF. The van der Waals surface area contributed by atoms with E-state index in [4.69, 9.17) is 11.6 Å². The highest BCUT2D eigenvalue weighted by molar-refractivity contribution is 6.20. The first kappa shape index (κ1) is 12.7. The Morgan fingerprint density at radius 1 is 1.05 bits per heavy atom. The van der Waals surface area contributed by atoms with Crippen LogP contribution in [0.2, 0.25) is 0 Å². The Kier molecular flexibility index (Phi) is 3.56. The monoisotopic (exact) mass is 274 g/mol. The lowest BCUT2D eigenvalue weighted by molar-refractivity contribution is 0.625. The minimum absolute atomic E-state index is 0.0901. The number of aryl methyl sites for hydroxylation is 2. The van der Waals surface area contributed by atoms with E-state index in [2.05, 4.69) is 18.2 Å². The number of hydrogen-bond acceptors (Lipinski definition) is 0. The average Bonchev–Trinajstić information content (AvgIpc) is 2.85. The van der Waals surface area contributed by atoms with E-state index in [1.54, 1.807) is 12.1 Å². The summed E-state index contributed by atoms with van der Waals surface area (Å²) in [5.41, 5.74) is 4.98. The lowest BCUT2D eigenvalue weighted by Gasteiger charge is -2.12. The highest BCUT2D eigenvalue weighted by Crippen LogP contribution is 2.30. The second-order valence-corrected chi connectivity index (χ2v) is 5.71. The maximum Gasteiger partial charge on any atom is 0.123 e. The summed E-state index contributed by atoms with van der Waals surface area (Å²) >= 11 is 6.47. The number of alkyl halides is 1. The zero-order valence-electron chi connectivity index (χ0n) is 10.7. The molecule has 2 aromatic rings. The summed E-state index contributed by atoms with van der Waals surface area (Å²) in [5, 5.41) is -0.0901. The molecule has 0 fully saturated rings. The van der Waals surface area contributed by atoms with Gasteiger partial charge in [0.25, 0.3) is 0 Å². The van der Waals surface area contributed by atoms with Gasteiger partial charge in [-0.05, 0) is 60.1 Å². The smallest absolute Gasteiger partial charge is 0.123 e. The highest BCUT2D eigenvalue weighted by atomic mass is 35.5. The van der Waals surface area contributed by atoms with Gasteiger partial charge in [-0.2, -0.15) is 0 Å². The fourth-order valence-corrected chi connectivity index (χ4v) is 3.09. The Bertz CT molecular complexity index is 592. The molecule has 0 bridgehead atoms. The van der Waals surface area contributed by atoms with Crippen LogP contribution in [0.25, 0.3) is 0 Å². The van der Waals surface area contributed by atoms with Gasteiger partial charge in [0.15, 0.2) is 0 Å². The Morgan fingerprint density at radius 2 is 1.89 bits per heavy atom. The van der Waals surface area contributed by atoms with Crippen LogP contribution in [0.5, 0.6) is 0 Å². The van der Waals surface area contributed by atoms with E-state index in [1.165, 1.54) is 30.0 Å². The molecule has 0 aromatic heterocycles. The molecule has 0 heterocycles. The van der Waals surface area contributed by atoms with Gasteiger partial charge in [-0.3, -0.25) is 0 Å². The molecule has 0 N–H and O–H groups in total. The van der Waals surface area contributed by atoms with Gasteiger partial charge in [0.05, 0.1) is 5.38 Å². The molecule has 19 heavy (non-hydrogen) atoms. The first-order valence-electron chi connectivity index (χ1n) is 6.72. The number of hydrogen-bond donors (Lipinski definition) is 0. The number of halogens is 2. The zero-order valence-corrected chi connectivity index (χ0v) is 11.5. The molecule has 2 aromatic carbocycles. The molecular weight excluding hydrogens is 259 g/mol. The summed E-state index contributed by atoms with van der Waals surface area (Å²) in [6.45, 7) is 0. The standard InChI is InChI=1S/C17H16ClF/c18-17(10-12-3-1-6-16(19)9-12)15-8-7-13-4-2-5-14(13)11-15/h1,3,6-9,11,17H,2,4-5,10H2. The van der Waals surface area contributed by atoms with E-state index in [0.717, 1.165) is 17.5 Å². The van der Waals surface area contributed by atoms with Crippen LogP contribution in [0.15, 0.2) is 42.5 Å². The van der Waals surface area contributed by atoms with Gasteiger partial charge in [-0.25, -0.2) is 4.39 Å². The van der Waals surface area contributed by atoms with Gasteiger partial charge >= 0.3 is 0 Å². The largest absolute Gasteiger partial charge is 0.207 e. The summed E-state index contributed by atoms with van der Waals surface area (Å²) in [6, 6.07) is 13.2. The predicted octanol–water partition coefficient (Wildman–Crippen LogP) is 4.84. The van der Waals surface area contributed by atoms with Crippen molar-refractivity contribution in [3.63, 3.8) is 0 Å². The SMILES string of the molecule is Fc1cccc(CC(Cl)c2ccc3c(c2)CCC3)c1. The summed E-state index contributed by atoms with van der Waals surface area (Å²) in [7, 11) is 0. The normalized spacial score (nSPS) is 15.3. The quantitative estimate of drug-likeness (QED) is 0.703. The van der Waals surface area contributed by atoms with E-state index in [0.29, 0.717) is 6.42 Å². The molecule has 0 nitrogen and oxygen atoms in total. The topological polar surface area (TPSA) is 0 Å². The van der Waals surface area contributed by atoms with Crippen LogP contribution in [-0.2, 0) is 19.3 Å². The highest BCUT2D eigenvalue weighted by Gasteiger charge is 2.15. The third-order valence-corrected chi connectivity index (χ3v) is 4.19. The van der Waals surface area contributed by atoms with Gasteiger partial charge in [0.2, 0.25) is 0 Å². The van der Waals surface area contributed by atoms with Crippen molar-refractivity contribution in [3.8, 4) is 0 Å². The molecule has 2 heteroatoms. The Labute approximate surface area is 118 Å². The van der Waals surface area contributed by atoms with Crippen molar-refractivity contribution >= 4 is 11.6 Å². The summed E-state index contributed by atoms with van der Waals surface area (Å²) < 4.78 is 13.2. The molecule has 0 saturated heterocycles. The van der Waals surface area contributed by atoms with Crippen LogP contribution in [0.4, 0.5) is 4.39 Å². The van der Waals surface area contributed by atoms with Gasteiger partial charge in [-0.1, -0.05) is 30.3 Å². The van der Waals surface area contributed by atoms with Crippen molar-refractivity contribution < 1.29 is 4.39 Å². The van der Waals surface area contributed by atoms with Crippen LogP contribution >= 0.6 is 11.6 Å². The molecule has 98 valence electrons. The Hall–Kier alpha value is -1.34. The first-order chi connectivity index (χ1) is 9.22. The fourth-order valence-electron chi connectivity index (χ4n) is 2.78. The van der Waals surface area contributed by atoms with Crippen molar-refractivity contribution in [2.75, 3.05) is 0 Å². The first-order valence-corrected chi connectivity index (χ1v) is 7.16. The van der Waals surface area contributed by atoms with Gasteiger partial charge in [0.1, 0.15) is 5.82 Å². The molecule has 0 aliphatic heterocycles. The second kappa shape index (κ2) is 5.34. The molecule has 1 atom stereocenters. The number of rotatable bonds is 3. The second-order valence-electron chi connectivity index (χ2n) is 5.18. The molecule has 1 aliphatic carbocycles. The maximum atomic E-state index is 13.2. The van der Waals surface area contributed by atoms with Crippen LogP contribution in [0.1, 0.15) is 34.1 Å². The summed E-state index contributed by atoms with van der Waals surface area (Å²) in [6.07, 6.45) is 4.26. The summed E-state index contributed by atoms with van der Waals surface area (Å²) in [4.78, 5) is 0. The van der Waals surface area contributed by atoms with E-state index in [-0.39, 0.29) is 11.2 Å². The van der Waals surface area contributed by atoms with Crippen molar-refractivity contribution in [2.24, 2.45) is 0 Å². The van der Waals surface area contributed by atoms with Gasteiger partial charge in [0, 0.05) is 0 Å². The molecule has 0 spiro atoms. The minimum atomic E-state index is -0.199. The Morgan fingerprint density at radius 3 is 2.74 bits per heavy atom. The fraction of sp³-hybridized carbons (Fsp3) is 0.294. The maximum absolute atomic E-state index is 13.2. The van der Waals surface area contributed by atoms with Crippen molar-refractivity contribution in [1.29, 1.82) is 0 Å². The molecule has 1 unspecified atom stereocenters. The summed E-state index contributed by atoms with van der Waals surface area (Å²) in [5.74, 6) is -0.199. The third kappa shape index (κ3) is 2.82. The van der Waals surface area contributed by atoms with Crippen molar-refractivity contribution in [1.82, 2.24) is 0 Å². The van der Waals surface area contributed by atoms with Gasteiger partial charge in [-0.15, -0.1) is 11.6 Å². The van der Waals surface area contributed by atoms with E-state index >= 15 is 0 Å². The molecule has 3 rings (SSSR count). The zero-order chi connectivity index (χ0) is 13.2. The van der Waals surface area contributed by atoms with Crippen LogP contribution in [-0.4, -0.2) is 0 Å². The lowest BCUT2D eigenvalue weighted by Crippen LogP contribution is -1.98. The molecule has 1 aliphatic rings. The molecule has 0 saturated carbocycles.